The van der Waals surface area contributed by atoms with E-state index in [0.717, 1.165) is 57.1 Å². The van der Waals surface area contributed by atoms with Gasteiger partial charge in [0, 0.05) is 13.1 Å². The Labute approximate surface area is 205 Å². The number of nitrogens with zero attached hydrogens (tertiary/aromatic N) is 2. The number of likely N-dealkylation sites (tertiary alicyclic amines) is 2. The zero-order valence-electron chi connectivity index (χ0n) is 20.9. The van der Waals surface area contributed by atoms with Gasteiger partial charge in [-0.05, 0) is 118 Å². The molecule has 2 heterocycles. The lowest BCUT2D eigenvalue weighted by atomic mass is 9.81. The Morgan fingerprint density at radius 1 is 0.706 bits per heavy atom. The van der Waals surface area contributed by atoms with Gasteiger partial charge in [0.1, 0.15) is 24.7 Å². The summed E-state index contributed by atoms with van der Waals surface area (Å²) in [6.07, 6.45) is 8.65. The van der Waals surface area contributed by atoms with Gasteiger partial charge < -0.3 is 9.47 Å². The maximum Gasteiger partial charge on any atom is 0.119 e. The van der Waals surface area contributed by atoms with Gasteiger partial charge in [-0.3, -0.25) is 9.80 Å². The molecule has 2 aliphatic heterocycles. The van der Waals surface area contributed by atoms with Gasteiger partial charge in [-0.15, -0.1) is 0 Å². The van der Waals surface area contributed by atoms with E-state index in [1.165, 1.54) is 74.1 Å². The molecule has 0 atom stereocenters. The molecule has 5 rings (SSSR count). The number of hydrogen-bond donors (Lipinski definition) is 0. The van der Waals surface area contributed by atoms with Crippen LogP contribution in [-0.4, -0.2) is 62.3 Å². The van der Waals surface area contributed by atoms with Crippen molar-refractivity contribution in [2.45, 2.75) is 51.9 Å². The Balaban J connectivity index is 1.24. The summed E-state index contributed by atoms with van der Waals surface area (Å²) < 4.78 is 12.2. The van der Waals surface area contributed by atoms with E-state index >= 15 is 0 Å². The van der Waals surface area contributed by atoms with Crippen LogP contribution in [0.4, 0.5) is 0 Å². The fraction of sp³-hybridized carbons (Fsp3) is 0.533. The summed E-state index contributed by atoms with van der Waals surface area (Å²) in [6, 6.07) is 15.5. The molecule has 0 radical (unpaired) electrons. The number of hydrogen-bond acceptors (Lipinski definition) is 4. The van der Waals surface area contributed by atoms with E-state index in [0.29, 0.717) is 0 Å². The third-order valence-corrected chi connectivity index (χ3v) is 7.72. The summed E-state index contributed by atoms with van der Waals surface area (Å²) in [5.41, 5.74) is 7.05. The Hall–Kier alpha value is -2.30. The van der Waals surface area contributed by atoms with Crippen molar-refractivity contribution in [3.05, 3.63) is 64.7 Å². The topological polar surface area (TPSA) is 24.9 Å². The third kappa shape index (κ3) is 5.67. The van der Waals surface area contributed by atoms with Gasteiger partial charge in [0.25, 0.3) is 0 Å². The lowest BCUT2D eigenvalue weighted by molar-refractivity contribution is 0.237. The van der Waals surface area contributed by atoms with Crippen molar-refractivity contribution in [3.63, 3.8) is 0 Å². The summed E-state index contributed by atoms with van der Waals surface area (Å²) >= 11 is 0. The maximum atomic E-state index is 6.14. The van der Waals surface area contributed by atoms with Gasteiger partial charge in [0.05, 0.1) is 0 Å². The van der Waals surface area contributed by atoms with Gasteiger partial charge >= 0.3 is 0 Å². The fourth-order valence-corrected chi connectivity index (χ4v) is 5.74. The molecule has 2 aromatic carbocycles. The first-order valence-corrected chi connectivity index (χ1v) is 13.5. The van der Waals surface area contributed by atoms with Crippen LogP contribution in [0.5, 0.6) is 11.5 Å². The molecule has 34 heavy (non-hydrogen) atoms. The predicted octanol–water partition coefficient (Wildman–Crippen LogP) is 5.79. The first-order chi connectivity index (χ1) is 16.8. The second-order valence-corrected chi connectivity index (χ2v) is 9.97. The largest absolute Gasteiger partial charge is 0.492 e. The van der Waals surface area contributed by atoms with Gasteiger partial charge in [0.2, 0.25) is 0 Å². The van der Waals surface area contributed by atoms with E-state index in [1.807, 2.05) is 0 Å². The minimum absolute atomic E-state index is 0.769. The van der Waals surface area contributed by atoms with Crippen molar-refractivity contribution < 1.29 is 9.47 Å². The highest BCUT2D eigenvalue weighted by Crippen LogP contribution is 2.39. The maximum absolute atomic E-state index is 6.14. The standard InChI is InChI=1S/C30H40N2O2/c1-2-24-7-8-26-23-28(34-22-20-32-17-5-6-18-32)13-14-29(26)30(24)25-9-11-27(12-10-25)33-21-19-31-15-3-4-16-31/h9-14,23H,2-8,15-22H2,1H3. The molecule has 0 N–H and O–H groups in total. The molecule has 4 nitrogen and oxygen atoms in total. The monoisotopic (exact) mass is 460 g/mol. The Kier molecular flexibility index (Phi) is 7.87. The highest BCUT2D eigenvalue weighted by Gasteiger charge is 2.20. The van der Waals surface area contributed by atoms with E-state index in [9.17, 15) is 0 Å². The van der Waals surface area contributed by atoms with Crippen LogP contribution in [0.25, 0.3) is 5.57 Å². The van der Waals surface area contributed by atoms with Crippen LogP contribution in [0.2, 0.25) is 0 Å². The zero-order valence-corrected chi connectivity index (χ0v) is 20.9. The van der Waals surface area contributed by atoms with Crippen LogP contribution in [0.1, 0.15) is 62.1 Å². The number of rotatable bonds is 10. The van der Waals surface area contributed by atoms with Crippen molar-refractivity contribution in [3.8, 4) is 11.5 Å². The highest BCUT2D eigenvalue weighted by molar-refractivity contribution is 5.85. The lowest BCUT2D eigenvalue weighted by Crippen LogP contribution is -2.25. The van der Waals surface area contributed by atoms with Gasteiger partial charge in [0.15, 0.2) is 0 Å². The average Bonchev–Trinajstić information content (AvgIpc) is 3.58. The quantitative estimate of drug-likeness (QED) is 0.448. The van der Waals surface area contributed by atoms with Gasteiger partial charge in [-0.25, -0.2) is 0 Å². The summed E-state index contributed by atoms with van der Waals surface area (Å²) in [4.78, 5) is 5.00. The molecule has 0 aromatic heterocycles. The van der Waals surface area contributed by atoms with Crippen LogP contribution in [0.15, 0.2) is 48.0 Å². The van der Waals surface area contributed by atoms with Crippen molar-refractivity contribution >= 4 is 5.57 Å². The van der Waals surface area contributed by atoms with Crippen LogP contribution in [-0.2, 0) is 6.42 Å². The number of ether oxygens (including phenoxy) is 2. The second kappa shape index (κ2) is 11.4. The summed E-state index contributed by atoms with van der Waals surface area (Å²) in [5.74, 6) is 1.98. The van der Waals surface area contributed by atoms with E-state index < -0.39 is 0 Å². The molecule has 0 amide bonds. The smallest absolute Gasteiger partial charge is 0.119 e. The molecular weight excluding hydrogens is 420 g/mol. The third-order valence-electron chi connectivity index (χ3n) is 7.72. The molecule has 4 heteroatoms. The van der Waals surface area contributed by atoms with Crippen molar-refractivity contribution in [2.75, 3.05) is 52.5 Å². The minimum Gasteiger partial charge on any atom is -0.492 e. The predicted molar refractivity (Wildman–Crippen MR) is 140 cm³/mol. The number of allylic oxidation sites excluding steroid dienone is 1. The Morgan fingerprint density at radius 3 is 1.91 bits per heavy atom. The van der Waals surface area contributed by atoms with E-state index in [4.69, 9.17) is 9.47 Å². The average molecular weight is 461 g/mol. The minimum atomic E-state index is 0.769. The van der Waals surface area contributed by atoms with Crippen LogP contribution in [0, 0.1) is 0 Å². The molecule has 0 unspecified atom stereocenters. The summed E-state index contributed by atoms with van der Waals surface area (Å²) in [6.45, 7) is 10.8. The van der Waals surface area contributed by atoms with Crippen LogP contribution < -0.4 is 9.47 Å². The first-order valence-electron chi connectivity index (χ1n) is 13.5. The lowest BCUT2D eigenvalue weighted by Gasteiger charge is -2.24. The van der Waals surface area contributed by atoms with E-state index in [-0.39, 0.29) is 0 Å². The molecule has 2 saturated heterocycles. The molecule has 0 saturated carbocycles. The number of fused-ring (bicyclic) bond motifs is 1. The SMILES string of the molecule is CCC1=C(c2ccc(OCCN3CCCC3)cc2)c2ccc(OCCN3CCCC3)cc2CC1. The Morgan fingerprint density at radius 2 is 1.29 bits per heavy atom. The summed E-state index contributed by atoms with van der Waals surface area (Å²) in [7, 11) is 0. The summed E-state index contributed by atoms with van der Waals surface area (Å²) in [5, 5.41) is 0. The molecule has 0 spiro atoms. The van der Waals surface area contributed by atoms with Crippen LogP contribution in [0.3, 0.4) is 0 Å². The van der Waals surface area contributed by atoms with E-state index in [1.54, 1.807) is 5.57 Å². The fourth-order valence-electron chi connectivity index (χ4n) is 5.74. The molecule has 2 fully saturated rings. The first kappa shape index (κ1) is 23.4. The second-order valence-electron chi connectivity index (χ2n) is 9.97. The van der Waals surface area contributed by atoms with E-state index in [2.05, 4.69) is 59.2 Å². The van der Waals surface area contributed by atoms with Crippen LogP contribution >= 0.6 is 0 Å². The Bertz CT molecular complexity index is 970. The number of aryl methyl sites for hydroxylation is 1. The molecule has 1 aliphatic carbocycles. The molecule has 3 aliphatic rings. The van der Waals surface area contributed by atoms with Crippen molar-refractivity contribution in [1.29, 1.82) is 0 Å². The van der Waals surface area contributed by atoms with Crippen molar-refractivity contribution in [1.82, 2.24) is 9.80 Å². The van der Waals surface area contributed by atoms with Crippen molar-refractivity contribution in [2.24, 2.45) is 0 Å². The molecule has 182 valence electrons. The molecular formula is C30H40N2O2. The highest BCUT2D eigenvalue weighted by atomic mass is 16.5. The molecule has 0 bridgehead atoms. The normalized spacial score (nSPS) is 19.0. The molecule has 2 aromatic rings. The zero-order chi connectivity index (χ0) is 23.2. The van der Waals surface area contributed by atoms with Gasteiger partial charge in [-0.1, -0.05) is 30.7 Å². The van der Waals surface area contributed by atoms with Gasteiger partial charge in [-0.2, -0.15) is 0 Å². The number of benzene rings is 2.